The average molecular weight is 424 g/mol. The molecule has 28 heavy (non-hydrogen) atoms. The van der Waals surface area contributed by atoms with Gasteiger partial charge in [-0.1, -0.05) is 37.1 Å². The van der Waals surface area contributed by atoms with Gasteiger partial charge in [0.1, 0.15) is 16.9 Å². The van der Waals surface area contributed by atoms with Gasteiger partial charge in [-0.3, -0.25) is 4.79 Å². The standard InChI is InChI=1S/C20H26ClN3O3S/c1-2-3-6-18-23-20(21)17(14-25)24(18)13-15-8-10-16(11-9-15)28(26,27)19-7-4-5-12-22-19/h8-11,14,19,22H,2-7,12-13H2,1H3. The Labute approximate surface area is 171 Å². The van der Waals surface area contributed by atoms with Gasteiger partial charge in [-0.25, -0.2) is 13.4 Å². The Bertz CT molecular complexity index is 917. The number of rotatable bonds is 8. The summed E-state index contributed by atoms with van der Waals surface area (Å²) in [5, 5.41) is 2.80. The van der Waals surface area contributed by atoms with Gasteiger partial charge in [-0.05, 0) is 49.9 Å². The van der Waals surface area contributed by atoms with Crippen LogP contribution in [-0.4, -0.2) is 36.2 Å². The summed E-state index contributed by atoms with van der Waals surface area (Å²) in [6, 6.07) is 6.88. The highest BCUT2D eigenvalue weighted by molar-refractivity contribution is 7.92. The van der Waals surface area contributed by atoms with Crippen LogP contribution in [-0.2, 0) is 22.8 Å². The Kier molecular flexibility index (Phi) is 6.91. The first-order valence-electron chi connectivity index (χ1n) is 9.73. The molecule has 3 rings (SSSR count). The minimum Gasteiger partial charge on any atom is -0.320 e. The second-order valence-electron chi connectivity index (χ2n) is 7.14. The maximum atomic E-state index is 12.8. The predicted octanol–water partition coefficient (Wildman–Crippen LogP) is 3.61. The number of aldehydes is 1. The molecule has 2 aromatic rings. The Morgan fingerprint density at radius 3 is 2.64 bits per heavy atom. The highest BCUT2D eigenvalue weighted by Gasteiger charge is 2.28. The molecule has 0 amide bonds. The lowest BCUT2D eigenvalue weighted by Crippen LogP contribution is -2.40. The first kappa shape index (κ1) is 21.0. The first-order valence-corrected chi connectivity index (χ1v) is 11.7. The number of hydrogen-bond acceptors (Lipinski definition) is 5. The molecule has 1 unspecified atom stereocenters. The van der Waals surface area contributed by atoms with Crippen LogP contribution in [0.5, 0.6) is 0 Å². The number of unbranched alkanes of at least 4 members (excludes halogenated alkanes) is 1. The van der Waals surface area contributed by atoms with Gasteiger partial charge >= 0.3 is 0 Å². The van der Waals surface area contributed by atoms with Gasteiger partial charge in [0.05, 0.1) is 4.90 Å². The number of sulfone groups is 1. The Balaban J connectivity index is 1.82. The van der Waals surface area contributed by atoms with E-state index < -0.39 is 15.2 Å². The first-order chi connectivity index (χ1) is 13.5. The third-order valence-corrected chi connectivity index (χ3v) is 7.50. The average Bonchev–Trinajstić information content (AvgIpc) is 3.01. The van der Waals surface area contributed by atoms with Crippen molar-refractivity contribution in [2.75, 3.05) is 6.54 Å². The Morgan fingerprint density at radius 2 is 2.04 bits per heavy atom. The van der Waals surface area contributed by atoms with Crippen molar-refractivity contribution in [1.82, 2.24) is 14.9 Å². The number of carbonyl (C=O) groups is 1. The van der Waals surface area contributed by atoms with Crippen molar-refractivity contribution in [3.63, 3.8) is 0 Å². The van der Waals surface area contributed by atoms with Crippen LogP contribution in [0, 0.1) is 0 Å². The van der Waals surface area contributed by atoms with E-state index in [9.17, 15) is 13.2 Å². The topological polar surface area (TPSA) is 81.1 Å². The van der Waals surface area contributed by atoms with Crippen LogP contribution >= 0.6 is 11.6 Å². The van der Waals surface area contributed by atoms with Crippen molar-refractivity contribution >= 4 is 27.7 Å². The van der Waals surface area contributed by atoms with Gasteiger partial charge in [0, 0.05) is 13.0 Å². The molecule has 1 aromatic carbocycles. The number of hydrogen-bond donors (Lipinski definition) is 1. The van der Waals surface area contributed by atoms with E-state index >= 15 is 0 Å². The number of piperidine rings is 1. The molecule has 8 heteroatoms. The maximum absolute atomic E-state index is 12.8. The molecule has 0 spiro atoms. The second kappa shape index (κ2) is 9.20. The van der Waals surface area contributed by atoms with Crippen molar-refractivity contribution in [2.24, 2.45) is 0 Å². The van der Waals surface area contributed by atoms with Crippen LogP contribution in [0.3, 0.4) is 0 Å². The zero-order valence-corrected chi connectivity index (χ0v) is 17.6. The molecule has 6 nitrogen and oxygen atoms in total. The summed E-state index contributed by atoms with van der Waals surface area (Å²) in [6.07, 6.45) is 6.01. The lowest BCUT2D eigenvalue weighted by molar-refractivity contribution is 0.111. The van der Waals surface area contributed by atoms with E-state index in [-0.39, 0.29) is 5.15 Å². The number of nitrogens with zero attached hydrogens (tertiary/aromatic N) is 2. The quantitative estimate of drug-likeness (QED) is 0.656. The lowest BCUT2D eigenvalue weighted by atomic mass is 10.2. The van der Waals surface area contributed by atoms with Crippen LogP contribution < -0.4 is 5.32 Å². The van der Waals surface area contributed by atoms with Gasteiger partial charge < -0.3 is 9.88 Å². The van der Waals surface area contributed by atoms with E-state index in [1.165, 1.54) is 0 Å². The van der Waals surface area contributed by atoms with Crippen molar-refractivity contribution < 1.29 is 13.2 Å². The monoisotopic (exact) mass is 423 g/mol. The Hall–Kier alpha value is -1.70. The predicted molar refractivity (Wildman–Crippen MR) is 110 cm³/mol. The number of aryl methyl sites for hydroxylation is 1. The van der Waals surface area contributed by atoms with Gasteiger partial charge in [0.2, 0.25) is 0 Å². The van der Waals surface area contributed by atoms with Crippen molar-refractivity contribution in [1.29, 1.82) is 0 Å². The van der Waals surface area contributed by atoms with Gasteiger partial charge in [0.25, 0.3) is 0 Å². The number of imidazole rings is 1. The second-order valence-corrected chi connectivity index (χ2v) is 9.63. The molecule has 1 N–H and O–H groups in total. The van der Waals surface area contributed by atoms with E-state index in [2.05, 4.69) is 17.2 Å². The summed E-state index contributed by atoms with van der Waals surface area (Å²) < 4.78 is 27.4. The third kappa shape index (κ3) is 4.47. The number of halogens is 1. The van der Waals surface area contributed by atoms with E-state index in [1.54, 1.807) is 24.3 Å². The minimum atomic E-state index is -3.39. The highest BCUT2D eigenvalue weighted by Crippen LogP contribution is 2.23. The summed E-state index contributed by atoms with van der Waals surface area (Å²) in [4.78, 5) is 16.1. The summed E-state index contributed by atoms with van der Waals surface area (Å²) >= 11 is 6.12. The molecule has 0 saturated carbocycles. The van der Waals surface area contributed by atoms with Crippen molar-refractivity contribution in [3.8, 4) is 0 Å². The summed E-state index contributed by atoms with van der Waals surface area (Å²) in [6.45, 7) is 3.25. The molecule has 1 saturated heterocycles. The van der Waals surface area contributed by atoms with Crippen LogP contribution in [0.15, 0.2) is 29.2 Å². The van der Waals surface area contributed by atoms with E-state index in [1.807, 2.05) is 4.57 Å². The Morgan fingerprint density at radius 1 is 1.29 bits per heavy atom. The fourth-order valence-corrected chi connectivity index (χ4v) is 5.41. The number of benzene rings is 1. The zero-order valence-electron chi connectivity index (χ0n) is 16.0. The van der Waals surface area contributed by atoms with Crippen LogP contribution in [0.4, 0.5) is 0 Å². The fraction of sp³-hybridized carbons (Fsp3) is 0.500. The largest absolute Gasteiger partial charge is 0.320 e. The van der Waals surface area contributed by atoms with E-state index in [0.29, 0.717) is 23.6 Å². The number of carbonyl (C=O) groups excluding carboxylic acids is 1. The molecular formula is C20H26ClN3O3S. The maximum Gasteiger partial charge on any atom is 0.194 e. The highest BCUT2D eigenvalue weighted by atomic mass is 35.5. The molecule has 0 bridgehead atoms. The smallest absolute Gasteiger partial charge is 0.194 e. The van der Waals surface area contributed by atoms with Crippen LogP contribution in [0.2, 0.25) is 5.15 Å². The molecule has 1 atom stereocenters. The van der Waals surface area contributed by atoms with Gasteiger partial charge in [-0.15, -0.1) is 0 Å². The van der Waals surface area contributed by atoms with Gasteiger partial charge in [-0.2, -0.15) is 0 Å². The molecular weight excluding hydrogens is 398 g/mol. The summed E-state index contributed by atoms with van der Waals surface area (Å²) in [5.41, 5.74) is 1.25. The van der Waals surface area contributed by atoms with E-state index in [0.717, 1.165) is 56.3 Å². The summed E-state index contributed by atoms with van der Waals surface area (Å²) in [7, 11) is -3.39. The van der Waals surface area contributed by atoms with Crippen molar-refractivity contribution in [2.45, 2.75) is 62.3 Å². The number of nitrogens with one attached hydrogen (secondary N) is 1. The molecule has 0 radical (unpaired) electrons. The van der Waals surface area contributed by atoms with Gasteiger partial charge in [0.15, 0.2) is 21.3 Å². The fourth-order valence-electron chi connectivity index (χ4n) is 3.51. The molecule has 1 aliphatic heterocycles. The molecule has 2 heterocycles. The molecule has 152 valence electrons. The summed E-state index contributed by atoms with van der Waals surface area (Å²) in [5.74, 6) is 0.775. The number of aromatic nitrogens is 2. The normalized spacial score (nSPS) is 17.6. The molecule has 0 aliphatic carbocycles. The van der Waals surface area contributed by atoms with Crippen LogP contribution in [0.25, 0.3) is 0 Å². The lowest BCUT2D eigenvalue weighted by Gasteiger charge is -2.23. The molecule has 1 fully saturated rings. The molecule has 1 aliphatic rings. The SMILES string of the molecule is CCCCc1nc(Cl)c(C=O)n1Cc1ccc(S(=O)(=O)C2CCCCN2)cc1. The zero-order chi connectivity index (χ0) is 20.1. The third-order valence-electron chi connectivity index (χ3n) is 5.14. The molecule has 1 aromatic heterocycles. The minimum absolute atomic E-state index is 0.212. The van der Waals surface area contributed by atoms with E-state index in [4.69, 9.17) is 11.6 Å². The van der Waals surface area contributed by atoms with Crippen LogP contribution in [0.1, 0.15) is 60.9 Å². The van der Waals surface area contributed by atoms with Crippen molar-refractivity contribution in [3.05, 3.63) is 46.5 Å².